The van der Waals surface area contributed by atoms with Crippen molar-refractivity contribution >= 4 is 11.6 Å². The second kappa shape index (κ2) is 4.29. The van der Waals surface area contributed by atoms with Crippen LogP contribution >= 0.6 is 0 Å². The summed E-state index contributed by atoms with van der Waals surface area (Å²) in [5, 5.41) is 14.3. The van der Waals surface area contributed by atoms with Gasteiger partial charge in [0.25, 0.3) is 0 Å². The van der Waals surface area contributed by atoms with Crippen molar-refractivity contribution in [3.05, 3.63) is 29.6 Å². The lowest BCUT2D eigenvalue weighted by atomic mass is 10.0. The predicted octanol–water partition coefficient (Wildman–Crippen LogP) is 0.855. The van der Waals surface area contributed by atoms with Gasteiger partial charge < -0.3 is 10.6 Å². The number of halogens is 1. The van der Waals surface area contributed by atoms with Crippen LogP contribution < -0.4 is 10.6 Å². The van der Waals surface area contributed by atoms with Crippen molar-refractivity contribution in [3.8, 4) is 6.07 Å². The van der Waals surface area contributed by atoms with Crippen molar-refractivity contribution in [2.45, 2.75) is 0 Å². The van der Waals surface area contributed by atoms with Gasteiger partial charge in [-0.2, -0.15) is 5.26 Å². The Morgan fingerprint density at radius 3 is 2.88 bits per heavy atom. The number of rotatable bonds is 2. The molecular weight excluding hydrogens is 209 g/mol. The first-order valence-corrected chi connectivity index (χ1v) is 4.92. The molecule has 16 heavy (non-hydrogen) atoms. The van der Waals surface area contributed by atoms with Gasteiger partial charge in [0.05, 0.1) is 11.6 Å². The van der Waals surface area contributed by atoms with E-state index >= 15 is 0 Å². The highest BCUT2D eigenvalue weighted by molar-refractivity contribution is 5.94. The Balaban J connectivity index is 2.18. The molecule has 0 bridgehead atoms. The molecule has 0 radical (unpaired) electrons. The van der Waals surface area contributed by atoms with Crippen molar-refractivity contribution in [3.63, 3.8) is 0 Å². The second-order valence-corrected chi connectivity index (χ2v) is 3.62. The van der Waals surface area contributed by atoms with E-state index in [9.17, 15) is 9.18 Å². The number of nitriles is 1. The topological polar surface area (TPSA) is 64.9 Å². The first-order chi connectivity index (χ1) is 7.72. The Morgan fingerprint density at radius 2 is 2.31 bits per heavy atom. The molecule has 1 heterocycles. The molecule has 0 aromatic heterocycles. The zero-order chi connectivity index (χ0) is 11.5. The molecule has 1 aliphatic heterocycles. The number of nitrogens with one attached hydrogen (secondary N) is 2. The third kappa shape index (κ3) is 1.88. The highest BCUT2D eigenvalue weighted by atomic mass is 19.1. The third-order valence-corrected chi connectivity index (χ3v) is 2.54. The summed E-state index contributed by atoms with van der Waals surface area (Å²) < 4.78 is 13.2. The van der Waals surface area contributed by atoms with Gasteiger partial charge in [-0.15, -0.1) is 0 Å². The van der Waals surface area contributed by atoms with E-state index in [0.717, 1.165) is 0 Å². The summed E-state index contributed by atoms with van der Waals surface area (Å²) >= 11 is 0. The molecule has 1 aromatic rings. The number of carbonyl (C=O) groups is 1. The van der Waals surface area contributed by atoms with Crippen LogP contribution in [-0.2, 0) is 4.79 Å². The van der Waals surface area contributed by atoms with Crippen LogP contribution in [0.1, 0.15) is 5.56 Å². The fraction of sp³-hybridized carbons (Fsp3) is 0.273. The van der Waals surface area contributed by atoms with Gasteiger partial charge in [-0.25, -0.2) is 4.39 Å². The molecule has 0 unspecified atom stereocenters. The molecule has 0 spiro atoms. The molecule has 82 valence electrons. The number of nitrogens with zero attached hydrogens (tertiary/aromatic N) is 1. The monoisotopic (exact) mass is 219 g/mol. The summed E-state index contributed by atoms with van der Waals surface area (Å²) in [5.41, 5.74) is 0.113. The third-order valence-electron chi connectivity index (χ3n) is 2.54. The van der Waals surface area contributed by atoms with Gasteiger partial charge in [-0.1, -0.05) is 6.07 Å². The van der Waals surface area contributed by atoms with E-state index in [1.54, 1.807) is 6.07 Å². The van der Waals surface area contributed by atoms with Crippen molar-refractivity contribution in [1.82, 2.24) is 5.32 Å². The van der Waals surface area contributed by atoms with E-state index < -0.39 is 5.82 Å². The van der Waals surface area contributed by atoms with Crippen LogP contribution in [0, 0.1) is 23.1 Å². The number of amides is 1. The molecule has 1 saturated heterocycles. The van der Waals surface area contributed by atoms with Crippen LogP contribution in [-0.4, -0.2) is 19.0 Å². The maximum absolute atomic E-state index is 13.2. The van der Waals surface area contributed by atoms with Crippen LogP contribution in [0.15, 0.2) is 18.2 Å². The maximum atomic E-state index is 13.2. The van der Waals surface area contributed by atoms with Crippen molar-refractivity contribution < 1.29 is 9.18 Å². The van der Waals surface area contributed by atoms with E-state index in [2.05, 4.69) is 10.6 Å². The average molecular weight is 219 g/mol. The van der Waals surface area contributed by atoms with Crippen molar-refractivity contribution in [1.29, 1.82) is 5.26 Å². The van der Waals surface area contributed by atoms with Crippen molar-refractivity contribution in [2.24, 2.45) is 5.92 Å². The van der Waals surface area contributed by atoms with Crippen LogP contribution in [0.4, 0.5) is 10.1 Å². The minimum absolute atomic E-state index is 0.0881. The molecule has 1 amide bonds. The minimum Gasteiger partial charge on any atom is -0.324 e. The molecular formula is C11H10FN3O. The molecule has 1 fully saturated rings. The minimum atomic E-state index is -0.618. The smallest absolute Gasteiger partial charge is 0.230 e. The van der Waals surface area contributed by atoms with Crippen LogP contribution in [0.25, 0.3) is 0 Å². The molecule has 5 heteroatoms. The van der Waals surface area contributed by atoms with Gasteiger partial charge in [0.1, 0.15) is 17.4 Å². The average Bonchev–Trinajstić information content (AvgIpc) is 2.15. The number of hydrogen-bond donors (Lipinski definition) is 2. The zero-order valence-electron chi connectivity index (χ0n) is 8.46. The molecule has 2 N–H and O–H groups in total. The predicted molar refractivity (Wildman–Crippen MR) is 56.1 cm³/mol. The highest BCUT2D eigenvalue weighted by Crippen LogP contribution is 2.19. The van der Waals surface area contributed by atoms with E-state index in [1.807, 2.05) is 0 Å². The fourth-order valence-electron chi connectivity index (χ4n) is 1.45. The number of benzene rings is 1. The Hall–Kier alpha value is -1.93. The Kier molecular flexibility index (Phi) is 2.84. The van der Waals surface area contributed by atoms with Crippen LogP contribution in [0.3, 0.4) is 0 Å². The Morgan fingerprint density at radius 1 is 1.56 bits per heavy atom. The fourth-order valence-corrected chi connectivity index (χ4v) is 1.45. The molecule has 0 saturated carbocycles. The van der Waals surface area contributed by atoms with E-state index in [0.29, 0.717) is 13.1 Å². The van der Waals surface area contributed by atoms with Gasteiger partial charge in [-0.05, 0) is 12.1 Å². The molecule has 1 aliphatic rings. The SMILES string of the molecule is N#Cc1c(F)cccc1NC(=O)C1CNC1. The lowest BCUT2D eigenvalue weighted by Gasteiger charge is -2.25. The Labute approximate surface area is 92.1 Å². The number of carbonyl (C=O) groups excluding carboxylic acids is 1. The largest absolute Gasteiger partial charge is 0.324 e. The van der Waals surface area contributed by atoms with Crippen LogP contribution in [0.5, 0.6) is 0 Å². The summed E-state index contributed by atoms with van der Waals surface area (Å²) in [5.74, 6) is -0.886. The first kappa shape index (κ1) is 10.6. The summed E-state index contributed by atoms with van der Waals surface area (Å²) in [4.78, 5) is 11.6. The van der Waals surface area contributed by atoms with Gasteiger partial charge in [0.2, 0.25) is 5.91 Å². The normalized spacial score (nSPS) is 15.0. The van der Waals surface area contributed by atoms with E-state index in [-0.39, 0.29) is 23.1 Å². The zero-order valence-corrected chi connectivity index (χ0v) is 8.46. The van der Waals surface area contributed by atoms with E-state index in [4.69, 9.17) is 5.26 Å². The number of anilines is 1. The highest BCUT2D eigenvalue weighted by Gasteiger charge is 2.25. The van der Waals surface area contributed by atoms with Gasteiger partial charge in [0, 0.05) is 13.1 Å². The molecule has 1 aromatic carbocycles. The number of hydrogen-bond acceptors (Lipinski definition) is 3. The van der Waals surface area contributed by atoms with Gasteiger partial charge in [0.15, 0.2) is 0 Å². The molecule has 2 rings (SSSR count). The summed E-state index contributed by atoms with van der Waals surface area (Å²) in [6.45, 7) is 1.26. The molecule has 4 nitrogen and oxygen atoms in total. The van der Waals surface area contributed by atoms with Gasteiger partial charge in [-0.3, -0.25) is 4.79 Å². The molecule has 0 atom stereocenters. The summed E-state index contributed by atoms with van der Waals surface area (Å²) in [6.07, 6.45) is 0. The summed E-state index contributed by atoms with van der Waals surface area (Å²) in [7, 11) is 0. The standard InChI is InChI=1S/C11H10FN3O/c12-9-2-1-3-10(8(9)4-13)15-11(16)7-5-14-6-7/h1-3,7,14H,5-6H2,(H,15,16). The lowest BCUT2D eigenvalue weighted by molar-refractivity contribution is -0.121. The lowest BCUT2D eigenvalue weighted by Crippen LogP contribution is -2.48. The first-order valence-electron chi connectivity index (χ1n) is 4.92. The quantitative estimate of drug-likeness (QED) is 0.775. The molecule has 0 aliphatic carbocycles. The second-order valence-electron chi connectivity index (χ2n) is 3.62. The van der Waals surface area contributed by atoms with Crippen molar-refractivity contribution in [2.75, 3.05) is 18.4 Å². The maximum Gasteiger partial charge on any atom is 0.230 e. The van der Waals surface area contributed by atoms with Crippen LogP contribution in [0.2, 0.25) is 0 Å². The van der Waals surface area contributed by atoms with Gasteiger partial charge >= 0.3 is 0 Å². The Bertz CT molecular complexity index is 463. The van der Waals surface area contributed by atoms with E-state index in [1.165, 1.54) is 18.2 Å². The summed E-state index contributed by atoms with van der Waals surface area (Å²) in [6, 6.07) is 5.91.